The summed E-state index contributed by atoms with van der Waals surface area (Å²) in [6.07, 6.45) is 5.26. The van der Waals surface area contributed by atoms with Gasteiger partial charge < -0.3 is 24.8 Å². The Morgan fingerprint density at radius 1 is 1.03 bits per heavy atom. The van der Waals surface area contributed by atoms with Crippen LogP contribution in [0.5, 0.6) is 11.5 Å². The number of halogens is 1. The number of rotatable bonds is 7. The minimum Gasteiger partial charge on any atom is -0.493 e. The molecule has 3 rings (SSSR count). The summed E-state index contributed by atoms with van der Waals surface area (Å²) in [7, 11) is 3.01. The zero-order chi connectivity index (χ0) is 20.6. The van der Waals surface area contributed by atoms with Crippen LogP contribution in [-0.2, 0) is 9.53 Å². The molecule has 7 nitrogen and oxygen atoms in total. The lowest BCUT2D eigenvalue weighted by molar-refractivity contribution is -0.146. The smallest absolute Gasteiger partial charge is 0.308 e. The molecule has 0 spiro atoms. The normalized spacial score (nSPS) is 21.8. The summed E-state index contributed by atoms with van der Waals surface area (Å²) in [5.74, 6) is 1.45. The van der Waals surface area contributed by atoms with Crippen molar-refractivity contribution >= 4 is 24.3 Å². The number of nitrogens with one attached hydrogen (secondary N) is 2. The van der Waals surface area contributed by atoms with Crippen molar-refractivity contribution in [2.24, 2.45) is 11.8 Å². The highest BCUT2D eigenvalue weighted by atomic mass is 35.5. The first kappa shape index (κ1) is 24.3. The summed E-state index contributed by atoms with van der Waals surface area (Å²) in [6, 6.07) is 5.39. The SMILES string of the molecule is COC(=O)C1CCC(NC(=O)c2ccc(OCC3CCNCC3)c(OC)c2)CC1.Cl. The maximum Gasteiger partial charge on any atom is 0.308 e. The molecule has 8 heteroatoms. The van der Waals surface area contributed by atoms with E-state index in [0.717, 1.165) is 51.6 Å². The van der Waals surface area contributed by atoms with Gasteiger partial charge in [-0.05, 0) is 75.7 Å². The monoisotopic (exact) mass is 440 g/mol. The highest BCUT2D eigenvalue weighted by Gasteiger charge is 2.28. The van der Waals surface area contributed by atoms with Crippen molar-refractivity contribution in [2.75, 3.05) is 33.9 Å². The molecule has 2 aliphatic rings. The summed E-state index contributed by atoms with van der Waals surface area (Å²) in [4.78, 5) is 24.3. The van der Waals surface area contributed by atoms with Crippen LogP contribution in [0.4, 0.5) is 0 Å². The molecule has 1 aromatic rings. The molecule has 1 aromatic carbocycles. The minimum atomic E-state index is -0.153. The first-order chi connectivity index (χ1) is 14.1. The maximum atomic E-state index is 12.7. The first-order valence-electron chi connectivity index (χ1n) is 10.5. The third-order valence-electron chi connectivity index (χ3n) is 5.96. The van der Waals surface area contributed by atoms with Crippen LogP contribution in [0.1, 0.15) is 48.9 Å². The number of hydrogen-bond acceptors (Lipinski definition) is 6. The van der Waals surface area contributed by atoms with Crippen LogP contribution in [0.2, 0.25) is 0 Å². The Hall–Kier alpha value is -1.99. The van der Waals surface area contributed by atoms with Crippen LogP contribution in [0.25, 0.3) is 0 Å². The van der Waals surface area contributed by atoms with Crippen LogP contribution in [-0.4, -0.2) is 51.8 Å². The zero-order valence-corrected chi connectivity index (χ0v) is 18.6. The molecule has 2 N–H and O–H groups in total. The molecule has 0 aromatic heterocycles. The Labute approximate surface area is 184 Å². The number of carbonyl (C=O) groups is 2. The molecule has 0 radical (unpaired) electrons. The molecule has 1 aliphatic heterocycles. The standard InChI is InChI=1S/C22H32N2O5.ClH/c1-27-20-13-17(5-8-19(20)29-14-15-9-11-23-12-10-15)21(25)24-18-6-3-16(4-7-18)22(26)28-2;/h5,8,13,15-16,18,23H,3-4,6-7,9-12,14H2,1-2H3,(H,24,25);1H. The molecule has 1 saturated heterocycles. The second-order valence-electron chi connectivity index (χ2n) is 7.92. The number of benzene rings is 1. The summed E-state index contributed by atoms with van der Waals surface area (Å²) in [5.41, 5.74) is 0.547. The molecule has 2 fully saturated rings. The van der Waals surface area contributed by atoms with Gasteiger partial charge in [-0.15, -0.1) is 12.4 Å². The molecule has 0 atom stereocenters. The van der Waals surface area contributed by atoms with Gasteiger partial charge in [0.25, 0.3) is 5.91 Å². The van der Waals surface area contributed by atoms with Crippen LogP contribution in [0.3, 0.4) is 0 Å². The highest BCUT2D eigenvalue weighted by Crippen LogP contribution is 2.30. The Morgan fingerprint density at radius 2 is 1.73 bits per heavy atom. The minimum absolute atomic E-state index is 0. The summed E-state index contributed by atoms with van der Waals surface area (Å²) in [5, 5.41) is 6.42. The average molecular weight is 441 g/mol. The van der Waals surface area contributed by atoms with E-state index in [4.69, 9.17) is 14.2 Å². The van der Waals surface area contributed by atoms with Gasteiger partial charge in [-0.1, -0.05) is 0 Å². The van der Waals surface area contributed by atoms with Gasteiger partial charge in [0.05, 0.1) is 26.7 Å². The zero-order valence-electron chi connectivity index (χ0n) is 17.8. The Morgan fingerprint density at radius 3 is 2.37 bits per heavy atom. The molecule has 1 heterocycles. The number of ether oxygens (including phenoxy) is 3. The predicted octanol–water partition coefficient (Wildman–Crippen LogP) is 2.96. The Balaban J connectivity index is 0.00000320. The molecule has 1 amide bonds. The molecule has 30 heavy (non-hydrogen) atoms. The van der Waals surface area contributed by atoms with Gasteiger partial charge >= 0.3 is 5.97 Å². The second kappa shape index (κ2) is 12.0. The number of esters is 1. The van der Waals surface area contributed by atoms with Gasteiger partial charge in [0.15, 0.2) is 11.5 Å². The summed E-state index contributed by atoms with van der Waals surface area (Å²) < 4.78 is 16.2. The van der Waals surface area contributed by atoms with Gasteiger partial charge in [-0.3, -0.25) is 9.59 Å². The van der Waals surface area contributed by atoms with Crippen molar-refractivity contribution in [3.63, 3.8) is 0 Å². The van der Waals surface area contributed by atoms with E-state index in [2.05, 4.69) is 10.6 Å². The lowest BCUT2D eigenvalue weighted by Gasteiger charge is -2.27. The molecule has 168 valence electrons. The third kappa shape index (κ3) is 6.51. The van der Waals surface area contributed by atoms with Gasteiger partial charge in [-0.25, -0.2) is 0 Å². The predicted molar refractivity (Wildman–Crippen MR) is 117 cm³/mol. The number of carbonyl (C=O) groups excluding carboxylic acids is 2. The van der Waals surface area contributed by atoms with Crippen LogP contribution < -0.4 is 20.1 Å². The number of piperidine rings is 1. The van der Waals surface area contributed by atoms with Crippen molar-refractivity contribution in [2.45, 2.75) is 44.6 Å². The van der Waals surface area contributed by atoms with Crippen molar-refractivity contribution < 1.29 is 23.8 Å². The number of methoxy groups -OCH3 is 2. The third-order valence-corrected chi connectivity index (χ3v) is 5.96. The molecular formula is C22H33ClN2O5. The van der Waals surface area contributed by atoms with Gasteiger partial charge in [0.2, 0.25) is 0 Å². The van der Waals surface area contributed by atoms with E-state index in [1.807, 2.05) is 6.07 Å². The van der Waals surface area contributed by atoms with Crippen LogP contribution in [0, 0.1) is 11.8 Å². The summed E-state index contributed by atoms with van der Waals surface area (Å²) >= 11 is 0. The Bertz CT molecular complexity index is 701. The van der Waals surface area contributed by atoms with Crippen molar-refractivity contribution in [3.8, 4) is 11.5 Å². The van der Waals surface area contributed by atoms with E-state index >= 15 is 0 Å². The summed E-state index contributed by atoms with van der Waals surface area (Å²) in [6.45, 7) is 2.73. The molecule has 0 unspecified atom stereocenters. The van der Waals surface area contributed by atoms with Gasteiger partial charge in [-0.2, -0.15) is 0 Å². The lowest BCUT2D eigenvalue weighted by Crippen LogP contribution is -2.38. The largest absolute Gasteiger partial charge is 0.493 e. The fourth-order valence-electron chi connectivity index (χ4n) is 4.09. The van der Waals surface area contributed by atoms with Crippen molar-refractivity contribution in [3.05, 3.63) is 23.8 Å². The van der Waals surface area contributed by atoms with Crippen LogP contribution >= 0.6 is 12.4 Å². The average Bonchev–Trinajstić information content (AvgIpc) is 2.78. The molecule has 1 saturated carbocycles. The van der Waals surface area contributed by atoms with E-state index in [9.17, 15) is 9.59 Å². The van der Waals surface area contributed by atoms with Gasteiger partial charge in [0, 0.05) is 11.6 Å². The van der Waals surface area contributed by atoms with E-state index in [0.29, 0.717) is 29.6 Å². The highest BCUT2D eigenvalue weighted by molar-refractivity contribution is 5.95. The second-order valence-corrected chi connectivity index (χ2v) is 7.92. The molecule has 0 bridgehead atoms. The maximum absolute atomic E-state index is 12.7. The fraction of sp³-hybridized carbons (Fsp3) is 0.636. The van der Waals surface area contributed by atoms with Crippen molar-refractivity contribution in [1.82, 2.24) is 10.6 Å². The fourth-order valence-corrected chi connectivity index (χ4v) is 4.09. The van der Waals surface area contributed by atoms with Crippen molar-refractivity contribution in [1.29, 1.82) is 0 Å². The van der Waals surface area contributed by atoms with E-state index in [-0.39, 0.29) is 36.2 Å². The first-order valence-corrected chi connectivity index (χ1v) is 10.5. The van der Waals surface area contributed by atoms with Crippen LogP contribution in [0.15, 0.2) is 18.2 Å². The molecular weight excluding hydrogens is 408 g/mol. The molecule has 1 aliphatic carbocycles. The number of hydrogen-bond donors (Lipinski definition) is 2. The Kier molecular flexibility index (Phi) is 9.72. The van der Waals surface area contributed by atoms with E-state index < -0.39 is 0 Å². The topological polar surface area (TPSA) is 85.9 Å². The van der Waals surface area contributed by atoms with E-state index in [1.54, 1.807) is 19.2 Å². The lowest BCUT2D eigenvalue weighted by atomic mass is 9.86. The number of amides is 1. The van der Waals surface area contributed by atoms with E-state index in [1.165, 1.54) is 7.11 Å². The quantitative estimate of drug-likeness (QED) is 0.634. The van der Waals surface area contributed by atoms with Gasteiger partial charge in [0.1, 0.15) is 0 Å².